The van der Waals surface area contributed by atoms with Crippen molar-refractivity contribution < 1.29 is 0 Å². The molecule has 5 rings (SSSR count). The lowest BCUT2D eigenvalue weighted by atomic mass is 9.79. The van der Waals surface area contributed by atoms with Crippen LogP contribution in [0.15, 0.2) is 53.7 Å². The number of thioether (sulfide) groups is 1. The van der Waals surface area contributed by atoms with Gasteiger partial charge in [0.25, 0.3) is 0 Å². The Morgan fingerprint density at radius 2 is 2.07 bits per heavy atom. The van der Waals surface area contributed by atoms with Gasteiger partial charge in [0.2, 0.25) is 0 Å². The van der Waals surface area contributed by atoms with Gasteiger partial charge in [-0.2, -0.15) is 0 Å². The maximum Gasteiger partial charge on any atom is 0.0960 e. The fraction of sp³-hybridized carbons (Fsp3) is 0.375. The largest absolute Gasteiger partial charge is 0.348 e. The van der Waals surface area contributed by atoms with E-state index in [1.54, 1.807) is 11.1 Å². The van der Waals surface area contributed by atoms with Crippen molar-refractivity contribution in [2.45, 2.75) is 31.3 Å². The maximum absolute atomic E-state index is 4.48. The number of hydrogen-bond donors (Lipinski definition) is 0. The molecule has 0 N–H and O–H groups in total. The molecule has 1 aliphatic carbocycles. The van der Waals surface area contributed by atoms with E-state index in [1.165, 1.54) is 22.2 Å². The second kappa shape index (κ2) is 7.09. The normalized spacial score (nSPS) is 21.6. The zero-order chi connectivity index (χ0) is 19.3. The van der Waals surface area contributed by atoms with Gasteiger partial charge in [-0.15, -0.1) is 11.8 Å². The molecule has 0 bridgehead atoms. The Hall–Kier alpha value is -2.04. The Morgan fingerprint density at radius 3 is 2.86 bits per heavy atom. The highest BCUT2D eigenvalue weighted by Gasteiger charge is 2.35. The molecule has 144 valence electrons. The molecular weight excluding hydrogens is 362 g/mol. The van der Waals surface area contributed by atoms with Crippen LogP contribution in [0.3, 0.4) is 0 Å². The van der Waals surface area contributed by atoms with Crippen LogP contribution in [0.1, 0.15) is 23.7 Å². The molecule has 0 saturated heterocycles. The molecule has 0 radical (unpaired) electrons. The van der Waals surface area contributed by atoms with Crippen molar-refractivity contribution in [3.05, 3.63) is 65.5 Å². The molecule has 0 fully saturated rings. The van der Waals surface area contributed by atoms with E-state index in [0.717, 1.165) is 30.3 Å². The van der Waals surface area contributed by atoms with E-state index in [0.29, 0.717) is 12.0 Å². The fourth-order valence-electron chi connectivity index (χ4n) is 5.01. The van der Waals surface area contributed by atoms with Gasteiger partial charge >= 0.3 is 0 Å². The Labute approximate surface area is 171 Å². The second-order valence-corrected chi connectivity index (χ2v) is 9.03. The summed E-state index contributed by atoms with van der Waals surface area (Å²) in [6, 6.07) is 13.5. The van der Waals surface area contributed by atoms with Crippen LogP contribution >= 0.6 is 11.8 Å². The molecule has 3 nitrogen and oxygen atoms in total. The topological polar surface area (TPSA) is 21.1 Å². The molecule has 4 heteroatoms. The quantitative estimate of drug-likeness (QED) is 0.590. The monoisotopic (exact) mass is 389 g/mol. The number of likely N-dealkylation sites (N-methyl/N-ethyl adjacent to an activating group) is 1. The molecule has 2 aliphatic rings. The van der Waals surface area contributed by atoms with Crippen LogP contribution in [0.4, 0.5) is 0 Å². The first kappa shape index (κ1) is 18.0. The van der Waals surface area contributed by atoms with Crippen molar-refractivity contribution >= 4 is 28.2 Å². The molecule has 3 heterocycles. The number of benzene rings is 1. The van der Waals surface area contributed by atoms with Crippen LogP contribution in [0.5, 0.6) is 0 Å². The van der Waals surface area contributed by atoms with Gasteiger partial charge in [-0.3, -0.25) is 4.90 Å². The lowest BCUT2D eigenvalue weighted by Crippen LogP contribution is -2.45. The average Bonchev–Trinajstić information content (AvgIpc) is 2.99. The van der Waals surface area contributed by atoms with E-state index in [1.807, 2.05) is 24.0 Å². The van der Waals surface area contributed by atoms with Crippen molar-refractivity contribution in [3.63, 3.8) is 0 Å². The number of hydrogen-bond acceptors (Lipinski definition) is 3. The molecule has 2 atom stereocenters. The molecule has 0 amide bonds. The Bertz CT molecular complexity index is 1050. The van der Waals surface area contributed by atoms with E-state index in [4.69, 9.17) is 0 Å². The van der Waals surface area contributed by atoms with E-state index in [9.17, 15) is 0 Å². The van der Waals surface area contributed by atoms with E-state index >= 15 is 0 Å². The Morgan fingerprint density at radius 1 is 1.18 bits per heavy atom. The minimum atomic E-state index is 0.514. The zero-order valence-electron chi connectivity index (χ0n) is 16.9. The first-order chi connectivity index (χ1) is 13.7. The molecule has 0 spiro atoms. The van der Waals surface area contributed by atoms with Gasteiger partial charge in [-0.25, -0.2) is 4.98 Å². The summed E-state index contributed by atoms with van der Waals surface area (Å²) < 4.78 is 2.37. The van der Waals surface area contributed by atoms with Crippen LogP contribution in [-0.4, -0.2) is 39.3 Å². The van der Waals surface area contributed by atoms with Crippen LogP contribution in [0, 0.1) is 12.8 Å². The summed E-state index contributed by atoms with van der Waals surface area (Å²) in [5, 5.41) is 2.61. The Balaban J connectivity index is 1.54. The van der Waals surface area contributed by atoms with Crippen molar-refractivity contribution in [2.75, 3.05) is 18.8 Å². The van der Waals surface area contributed by atoms with Gasteiger partial charge in [0, 0.05) is 48.2 Å². The summed E-state index contributed by atoms with van der Waals surface area (Å²) >= 11 is 1.88. The van der Waals surface area contributed by atoms with Gasteiger partial charge in [-0.05, 0) is 60.7 Å². The molecule has 0 unspecified atom stereocenters. The summed E-state index contributed by atoms with van der Waals surface area (Å²) in [5.41, 5.74) is 7.35. The summed E-state index contributed by atoms with van der Waals surface area (Å²) in [7, 11) is 2.21. The smallest absolute Gasteiger partial charge is 0.0960 e. The van der Waals surface area contributed by atoms with Gasteiger partial charge in [0.15, 0.2) is 0 Å². The first-order valence-electron chi connectivity index (χ1n) is 10.2. The number of pyridine rings is 1. The lowest BCUT2D eigenvalue weighted by Gasteiger charge is -2.41. The summed E-state index contributed by atoms with van der Waals surface area (Å²) in [6.45, 7) is 6.82. The van der Waals surface area contributed by atoms with Crippen molar-refractivity contribution in [1.29, 1.82) is 0 Å². The second-order valence-electron chi connectivity index (χ2n) is 7.99. The predicted molar refractivity (Wildman–Crippen MR) is 119 cm³/mol. The van der Waals surface area contributed by atoms with Crippen LogP contribution in [-0.2, 0) is 13.5 Å². The van der Waals surface area contributed by atoms with Crippen LogP contribution < -0.4 is 0 Å². The Kier molecular flexibility index (Phi) is 4.56. The highest BCUT2D eigenvalue weighted by atomic mass is 32.2. The summed E-state index contributed by atoms with van der Waals surface area (Å²) in [5.74, 6) is 1.64. The van der Waals surface area contributed by atoms with Crippen LogP contribution in [0.25, 0.3) is 16.5 Å². The van der Waals surface area contributed by atoms with E-state index < -0.39 is 0 Å². The number of aromatic nitrogens is 2. The SMILES string of the molecule is CCN1C[C@H](CSc2ccccn2)C=C2c3cccc4c3c(c(C)n4C)C[C@H]21. The minimum absolute atomic E-state index is 0.514. The number of rotatable bonds is 4. The molecule has 2 aromatic heterocycles. The first-order valence-corrected chi connectivity index (χ1v) is 11.2. The highest BCUT2D eigenvalue weighted by molar-refractivity contribution is 7.99. The molecule has 1 aromatic carbocycles. The van der Waals surface area contributed by atoms with E-state index in [-0.39, 0.29) is 0 Å². The van der Waals surface area contributed by atoms with Crippen molar-refractivity contribution in [1.82, 2.24) is 14.5 Å². The van der Waals surface area contributed by atoms with E-state index in [2.05, 4.69) is 71.8 Å². The maximum atomic E-state index is 4.48. The van der Waals surface area contributed by atoms with Crippen LogP contribution in [0.2, 0.25) is 0 Å². The average molecular weight is 390 g/mol. The molecule has 3 aromatic rings. The van der Waals surface area contributed by atoms with Gasteiger partial charge in [0.05, 0.1) is 5.03 Å². The lowest BCUT2D eigenvalue weighted by molar-refractivity contribution is 0.216. The third-order valence-electron chi connectivity index (χ3n) is 6.53. The number of aryl methyl sites for hydroxylation is 1. The molecule has 1 aliphatic heterocycles. The zero-order valence-corrected chi connectivity index (χ0v) is 17.7. The van der Waals surface area contributed by atoms with Gasteiger partial charge in [-0.1, -0.05) is 31.2 Å². The predicted octanol–water partition coefficient (Wildman–Crippen LogP) is 4.93. The number of nitrogens with zero attached hydrogens (tertiary/aromatic N) is 3. The minimum Gasteiger partial charge on any atom is -0.348 e. The third-order valence-corrected chi connectivity index (χ3v) is 7.66. The molecule has 28 heavy (non-hydrogen) atoms. The van der Waals surface area contributed by atoms with Crippen molar-refractivity contribution in [3.8, 4) is 0 Å². The standard InChI is InChI=1S/C24H27N3S/c1-4-27-14-17(15-28-23-10-5-6-11-25-23)12-20-18-8-7-9-21-24(18)19(13-22(20)27)16(2)26(21)3/h5-12,17,22H,4,13-15H2,1-3H3/t17-,22-/m1/s1. The summed E-state index contributed by atoms with van der Waals surface area (Å²) in [6.07, 6.45) is 5.60. The van der Waals surface area contributed by atoms with Crippen molar-refractivity contribution in [2.24, 2.45) is 13.0 Å². The number of fused-ring (bicyclic) bond motifs is 2. The summed E-state index contributed by atoms with van der Waals surface area (Å²) in [4.78, 5) is 7.17. The third kappa shape index (κ3) is 2.82. The molecular formula is C24H27N3S. The fourth-order valence-corrected chi connectivity index (χ4v) is 5.91. The van der Waals surface area contributed by atoms with Gasteiger partial charge in [0.1, 0.15) is 0 Å². The molecule has 0 saturated carbocycles. The van der Waals surface area contributed by atoms with Gasteiger partial charge < -0.3 is 4.57 Å². The highest BCUT2D eigenvalue weighted by Crippen LogP contribution is 2.43.